The molecule has 17 heteroatoms. The molecule has 9 unspecified atom stereocenters. The summed E-state index contributed by atoms with van der Waals surface area (Å²) in [6, 6.07) is 11.7. The minimum Gasteiger partial charge on any atom is -0.508 e. The van der Waals surface area contributed by atoms with Crippen molar-refractivity contribution in [2.75, 3.05) is 20.3 Å². The predicted molar refractivity (Wildman–Crippen MR) is 180 cm³/mol. The molecule has 0 radical (unpaired) electrons. The zero-order valence-electron chi connectivity index (χ0n) is 27.8. The number of hydrogen-bond acceptors (Lipinski definition) is 17. The number of fused-ring (bicyclic) bond motifs is 1. The second-order valence-corrected chi connectivity index (χ2v) is 12.3. The number of ether oxygens (including phenoxy) is 5. The molecule has 0 aliphatic carbocycles. The van der Waals surface area contributed by atoms with Crippen LogP contribution in [0.1, 0.15) is 17.2 Å². The SMILES string of the molecule is COc1cc(/C=C/C(=O)OC2C(CO)OC(Oc3cc(O)c4c(=O)cc(-c5ccc(O)c(C6OC(O)C(O)C6CO)c5)oc4c3)C(O)C2O)ccc1O. The van der Waals surface area contributed by atoms with Crippen molar-refractivity contribution in [3.63, 3.8) is 0 Å². The molecular formula is C36H36O17. The molecule has 3 aromatic carbocycles. The molecular weight excluding hydrogens is 704 g/mol. The summed E-state index contributed by atoms with van der Waals surface area (Å²) in [7, 11) is 1.36. The topological polar surface area (TPSA) is 275 Å². The van der Waals surface area contributed by atoms with Gasteiger partial charge in [-0.25, -0.2) is 4.79 Å². The molecule has 9 N–H and O–H groups in total. The van der Waals surface area contributed by atoms with E-state index in [9.17, 15) is 55.5 Å². The van der Waals surface area contributed by atoms with Crippen molar-refractivity contribution in [2.24, 2.45) is 5.92 Å². The van der Waals surface area contributed by atoms with E-state index in [0.717, 1.165) is 18.2 Å². The van der Waals surface area contributed by atoms with Crippen molar-refractivity contribution in [1.82, 2.24) is 0 Å². The lowest BCUT2D eigenvalue weighted by atomic mass is 9.92. The third kappa shape index (κ3) is 7.50. The molecule has 2 aliphatic rings. The van der Waals surface area contributed by atoms with Crippen LogP contribution in [0.3, 0.4) is 0 Å². The van der Waals surface area contributed by atoms with Gasteiger partial charge in [0.05, 0.1) is 26.4 Å². The lowest BCUT2D eigenvalue weighted by Gasteiger charge is -2.41. The number of carbonyl (C=O) groups excluding carboxylic acids is 1. The van der Waals surface area contributed by atoms with E-state index in [4.69, 9.17) is 28.1 Å². The van der Waals surface area contributed by atoms with Crippen LogP contribution in [0.4, 0.5) is 0 Å². The largest absolute Gasteiger partial charge is 0.508 e. The van der Waals surface area contributed by atoms with E-state index in [1.807, 2.05) is 0 Å². The van der Waals surface area contributed by atoms with Crippen LogP contribution in [0.5, 0.6) is 28.7 Å². The van der Waals surface area contributed by atoms with Crippen LogP contribution in [0, 0.1) is 5.92 Å². The highest BCUT2D eigenvalue weighted by Crippen LogP contribution is 2.43. The minimum atomic E-state index is -1.86. The van der Waals surface area contributed by atoms with Gasteiger partial charge in [0, 0.05) is 41.3 Å². The molecule has 2 saturated heterocycles. The van der Waals surface area contributed by atoms with Crippen LogP contribution >= 0.6 is 0 Å². The van der Waals surface area contributed by atoms with Gasteiger partial charge in [-0.1, -0.05) is 6.07 Å². The van der Waals surface area contributed by atoms with Gasteiger partial charge in [0.1, 0.15) is 58.4 Å². The molecule has 4 aromatic rings. The van der Waals surface area contributed by atoms with Crippen LogP contribution in [-0.2, 0) is 19.0 Å². The van der Waals surface area contributed by atoms with Crippen LogP contribution in [-0.4, -0.2) is 115 Å². The fourth-order valence-electron chi connectivity index (χ4n) is 6.18. The summed E-state index contributed by atoms with van der Waals surface area (Å²) < 4.78 is 33.0. The third-order valence-electron chi connectivity index (χ3n) is 8.96. The highest BCUT2D eigenvalue weighted by molar-refractivity contribution is 5.87. The maximum atomic E-state index is 13.1. The van der Waals surface area contributed by atoms with Crippen LogP contribution < -0.4 is 14.9 Å². The highest BCUT2D eigenvalue weighted by atomic mass is 16.7. The van der Waals surface area contributed by atoms with E-state index in [1.54, 1.807) is 0 Å². The molecule has 0 saturated carbocycles. The Bertz CT molecular complexity index is 2060. The van der Waals surface area contributed by atoms with E-state index >= 15 is 0 Å². The zero-order valence-corrected chi connectivity index (χ0v) is 27.8. The van der Waals surface area contributed by atoms with Gasteiger partial charge in [-0.05, 0) is 42.0 Å². The monoisotopic (exact) mass is 740 g/mol. The lowest BCUT2D eigenvalue weighted by Crippen LogP contribution is -2.61. The number of hydrogen-bond donors (Lipinski definition) is 9. The van der Waals surface area contributed by atoms with Crippen molar-refractivity contribution in [2.45, 2.75) is 49.2 Å². The predicted octanol–water partition coefficient (Wildman–Crippen LogP) is 0.387. The van der Waals surface area contributed by atoms with Gasteiger partial charge in [0.15, 0.2) is 29.3 Å². The first-order valence-electron chi connectivity index (χ1n) is 16.1. The Balaban J connectivity index is 1.21. The number of aromatic hydroxyl groups is 3. The quantitative estimate of drug-likeness (QED) is 0.0785. The third-order valence-corrected chi connectivity index (χ3v) is 8.96. The second kappa shape index (κ2) is 15.4. The van der Waals surface area contributed by atoms with E-state index in [1.165, 1.54) is 55.7 Å². The summed E-state index contributed by atoms with van der Waals surface area (Å²) >= 11 is 0. The molecule has 9 atom stereocenters. The van der Waals surface area contributed by atoms with Crippen LogP contribution in [0.25, 0.3) is 28.4 Å². The van der Waals surface area contributed by atoms with Crippen molar-refractivity contribution in [1.29, 1.82) is 0 Å². The van der Waals surface area contributed by atoms with Gasteiger partial charge >= 0.3 is 5.97 Å². The number of carbonyl (C=O) groups is 1. The maximum Gasteiger partial charge on any atom is 0.331 e. The van der Waals surface area contributed by atoms with Crippen molar-refractivity contribution >= 4 is 23.0 Å². The maximum absolute atomic E-state index is 13.1. The molecule has 0 amide bonds. The van der Waals surface area contributed by atoms with E-state index < -0.39 is 85.5 Å². The second-order valence-electron chi connectivity index (χ2n) is 12.3. The zero-order chi connectivity index (χ0) is 38.1. The number of phenols is 3. The average Bonchev–Trinajstić information content (AvgIpc) is 3.42. The smallest absolute Gasteiger partial charge is 0.331 e. The first-order chi connectivity index (χ1) is 25.3. The van der Waals surface area contributed by atoms with E-state index in [2.05, 4.69) is 0 Å². The molecule has 17 nitrogen and oxygen atoms in total. The van der Waals surface area contributed by atoms with Crippen LogP contribution in [0.15, 0.2) is 69.9 Å². The van der Waals surface area contributed by atoms with Gasteiger partial charge in [0.25, 0.3) is 0 Å². The van der Waals surface area contributed by atoms with Gasteiger partial charge in [-0.15, -0.1) is 0 Å². The summed E-state index contributed by atoms with van der Waals surface area (Å²) in [6.45, 7) is -1.35. The van der Waals surface area contributed by atoms with Gasteiger partial charge in [0.2, 0.25) is 6.29 Å². The Kier molecular flexibility index (Phi) is 10.9. The fraction of sp³-hybridized carbons (Fsp3) is 0.333. The minimum absolute atomic E-state index is 0.0482. The van der Waals surface area contributed by atoms with Gasteiger partial charge in [-0.2, -0.15) is 0 Å². The summed E-state index contributed by atoms with van der Waals surface area (Å²) in [6.07, 6.45) is -10.1. The summed E-state index contributed by atoms with van der Waals surface area (Å²) in [5.74, 6) is -3.00. The molecule has 0 bridgehead atoms. The van der Waals surface area contributed by atoms with Crippen molar-refractivity contribution < 1.29 is 78.9 Å². The molecule has 0 spiro atoms. The lowest BCUT2D eigenvalue weighted by molar-refractivity contribution is -0.280. The standard InChI is InChI=1S/C36H36O17/c1-48-25-8-15(2-5-21(25)40)3-7-28(43)52-34-27(14-38)51-36(32(46)31(34)45)49-17-10-22(41)29-23(42)12-24(50-26(29)11-17)16-4-6-20(39)18(9-16)33-19(13-37)30(44)35(47)53-33/h2-12,19,27,30-41,44-47H,13-14H2,1H3/b7-3+. The molecule has 3 heterocycles. The Labute approximate surface area is 299 Å². The number of aliphatic hydroxyl groups excluding tert-OH is 6. The first-order valence-corrected chi connectivity index (χ1v) is 16.1. The number of esters is 1. The Morgan fingerprint density at radius 2 is 1.60 bits per heavy atom. The summed E-state index contributed by atoms with van der Waals surface area (Å²) in [5, 5.41) is 92.5. The number of phenolic OH excluding ortho intramolecular Hbond substituents is 3. The van der Waals surface area contributed by atoms with Crippen molar-refractivity contribution in [3.05, 3.63) is 82.0 Å². The van der Waals surface area contributed by atoms with E-state index in [-0.39, 0.29) is 50.9 Å². The number of aliphatic hydroxyl groups is 6. The van der Waals surface area contributed by atoms with Gasteiger partial charge in [-0.3, -0.25) is 4.79 Å². The number of methoxy groups -OCH3 is 1. The van der Waals surface area contributed by atoms with E-state index in [0.29, 0.717) is 5.56 Å². The summed E-state index contributed by atoms with van der Waals surface area (Å²) in [5.41, 5.74) is -0.0861. The molecule has 53 heavy (non-hydrogen) atoms. The fourth-order valence-corrected chi connectivity index (χ4v) is 6.18. The molecule has 2 fully saturated rings. The number of benzene rings is 3. The first kappa shape index (κ1) is 37.5. The Hall–Kier alpha value is -5.24. The number of rotatable bonds is 10. The molecule has 6 rings (SSSR count). The highest BCUT2D eigenvalue weighted by Gasteiger charge is 2.48. The van der Waals surface area contributed by atoms with Gasteiger partial charge < -0.3 is 74.1 Å². The Morgan fingerprint density at radius 3 is 2.32 bits per heavy atom. The molecule has 282 valence electrons. The normalized spacial score (nSPS) is 27.3. The van der Waals surface area contributed by atoms with Crippen molar-refractivity contribution in [3.8, 4) is 40.1 Å². The Morgan fingerprint density at radius 1 is 0.849 bits per heavy atom. The average molecular weight is 741 g/mol. The summed E-state index contributed by atoms with van der Waals surface area (Å²) in [4.78, 5) is 25.7. The molecule has 1 aromatic heterocycles. The molecule has 2 aliphatic heterocycles. The van der Waals surface area contributed by atoms with Crippen LogP contribution in [0.2, 0.25) is 0 Å².